The number of benzene rings is 1. The molecule has 3 saturated heterocycles. The van der Waals surface area contributed by atoms with Crippen molar-refractivity contribution in [2.75, 3.05) is 31.6 Å². The second-order valence-corrected chi connectivity index (χ2v) is 13.7. The maximum absolute atomic E-state index is 13.4. The van der Waals surface area contributed by atoms with Gasteiger partial charge in [0.1, 0.15) is 5.56 Å². The maximum Gasteiger partial charge on any atom is 0.317 e. The number of amides is 3. The first-order chi connectivity index (χ1) is 18.6. The number of carbonyl (C=O) groups is 2. The molecule has 4 heterocycles. The number of hydrogen-bond acceptors (Lipinski definition) is 6. The monoisotopic (exact) mass is 557 g/mol. The number of hydrogen-bond donors (Lipinski definition) is 2. The number of nitrogens with one attached hydrogen (secondary N) is 2. The number of piperidine rings is 1. The van der Waals surface area contributed by atoms with Gasteiger partial charge in [-0.15, -0.1) is 0 Å². The average Bonchev–Trinajstić information content (AvgIpc) is 3.37. The van der Waals surface area contributed by atoms with E-state index < -0.39 is 9.84 Å². The number of para-hydroxylation sites is 1. The quantitative estimate of drug-likeness (QED) is 0.538. The average molecular weight is 558 g/mol. The Morgan fingerprint density at radius 1 is 1.10 bits per heavy atom. The van der Waals surface area contributed by atoms with Gasteiger partial charge >= 0.3 is 6.03 Å². The van der Waals surface area contributed by atoms with Crippen molar-refractivity contribution in [2.24, 2.45) is 0 Å². The molecule has 3 fully saturated rings. The lowest BCUT2D eigenvalue weighted by Crippen LogP contribution is -2.54. The highest BCUT2D eigenvalue weighted by Gasteiger charge is 2.42. The summed E-state index contributed by atoms with van der Waals surface area (Å²) in [6, 6.07) is 9.24. The third kappa shape index (κ3) is 5.56. The Labute approximate surface area is 229 Å². The SMILES string of the molecule is CNC(=O)N(CCN1[C@@H]2CC[C@H]1C[C@H](NC(=O)c1cc3ccccc3n(C(C)C)c1=O)C2)C1CCS(=O)(=O)C1. The molecule has 0 radical (unpaired) electrons. The first kappa shape index (κ1) is 27.6. The number of fused-ring (bicyclic) bond motifs is 3. The molecule has 3 amide bonds. The second-order valence-electron chi connectivity index (χ2n) is 11.5. The summed E-state index contributed by atoms with van der Waals surface area (Å²) in [4.78, 5) is 43.3. The third-order valence-electron chi connectivity index (χ3n) is 8.65. The fraction of sp³-hybridized carbons (Fsp3) is 0.607. The topological polar surface area (TPSA) is 121 Å². The van der Waals surface area contributed by atoms with Crippen LogP contribution in [0.5, 0.6) is 0 Å². The van der Waals surface area contributed by atoms with E-state index in [1.54, 1.807) is 22.6 Å². The molecule has 1 aromatic heterocycles. The van der Waals surface area contributed by atoms with Crippen LogP contribution in [-0.4, -0.2) is 90.5 Å². The third-order valence-corrected chi connectivity index (χ3v) is 10.4. The smallest absolute Gasteiger partial charge is 0.317 e. The van der Waals surface area contributed by atoms with E-state index in [4.69, 9.17) is 0 Å². The Morgan fingerprint density at radius 3 is 2.41 bits per heavy atom. The Morgan fingerprint density at radius 2 is 1.79 bits per heavy atom. The second kappa shape index (κ2) is 10.9. The molecule has 0 aliphatic carbocycles. The molecule has 3 aliphatic heterocycles. The zero-order chi connectivity index (χ0) is 27.9. The number of rotatable bonds is 7. The molecule has 39 heavy (non-hydrogen) atoms. The molecular formula is C28H39N5O5S. The van der Waals surface area contributed by atoms with E-state index in [1.165, 1.54) is 0 Å². The van der Waals surface area contributed by atoms with Gasteiger partial charge in [0.25, 0.3) is 11.5 Å². The fourth-order valence-electron chi connectivity index (χ4n) is 6.82. The predicted octanol–water partition coefficient (Wildman–Crippen LogP) is 2.14. The van der Waals surface area contributed by atoms with E-state index in [0.29, 0.717) is 19.5 Å². The Bertz CT molecular complexity index is 1410. The van der Waals surface area contributed by atoms with Crippen LogP contribution in [0.3, 0.4) is 0 Å². The molecular weight excluding hydrogens is 518 g/mol. The van der Waals surface area contributed by atoms with Crippen LogP contribution in [0.4, 0.5) is 4.79 Å². The number of sulfone groups is 1. The highest BCUT2D eigenvalue weighted by molar-refractivity contribution is 7.91. The zero-order valence-electron chi connectivity index (χ0n) is 22.9. The molecule has 1 aromatic carbocycles. The van der Waals surface area contributed by atoms with E-state index in [1.807, 2.05) is 38.1 Å². The van der Waals surface area contributed by atoms with E-state index in [2.05, 4.69) is 15.5 Å². The lowest BCUT2D eigenvalue weighted by atomic mass is 9.96. The van der Waals surface area contributed by atoms with Gasteiger partial charge in [-0.1, -0.05) is 18.2 Å². The highest BCUT2D eigenvalue weighted by atomic mass is 32.2. The van der Waals surface area contributed by atoms with Gasteiger partial charge in [-0.05, 0) is 63.5 Å². The number of pyridine rings is 1. The minimum atomic E-state index is -3.10. The van der Waals surface area contributed by atoms with Crippen LogP contribution in [0.1, 0.15) is 62.4 Å². The van der Waals surface area contributed by atoms with Crippen molar-refractivity contribution < 1.29 is 18.0 Å². The van der Waals surface area contributed by atoms with Crippen molar-refractivity contribution in [3.8, 4) is 0 Å². The van der Waals surface area contributed by atoms with Gasteiger partial charge in [0, 0.05) is 50.3 Å². The largest absolute Gasteiger partial charge is 0.349 e. The summed E-state index contributed by atoms with van der Waals surface area (Å²) >= 11 is 0. The minimum absolute atomic E-state index is 0.0225. The molecule has 0 spiro atoms. The van der Waals surface area contributed by atoms with Crippen LogP contribution < -0.4 is 16.2 Å². The summed E-state index contributed by atoms with van der Waals surface area (Å²) in [6.45, 7) is 5.03. The molecule has 2 aromatic rings. The summed E-state index contributed by atoms with van der Waals surface area (Å²) in [6.07, 6.45) is 4.08. The molecule has 2 N–H and O–H groups in total. The van der Waals surface area contributed by atoms with Crippen molar-refractivity contribution in [3.05, 3.63) is 46.2 Å². The molecule has 4 atom stereocenters. The van der Waals surface area contributed by atoms with Gasteiger partial charge in [-0.2, -0.15) is 0 Å². The molecule has 0 saturated carbocycles. The van der Waals surface area contributed by atoms with Crippen LogP contribution in [-0.2, 0) is 9.84 Å². The summed E-state index contributed by atoms with van der Waals surface area (Å²) in [5.41, 5.74) is 0.719. The number of aromatic nitrogens is 1. The molecule has 212 valence electrons. The van der Waals surface area contributed by atoms with Crippen molar-refractivity contribution in [2.45, 2.75) is 76.2 Å². The Hall–Kier alpha value is -2.92. The van der Waals surface area contributed by atoms with Gasteiger partial charge in [0.15, 0.2) is 9.84 Å². The zero-order valence-corrected chi connectivity index (χ0v) is 23.7. The lowest BCUT2D eigenvalue weighted by molar-refractivity contribution is 0.0804. The summed E-state index contributed by atoms with van der Waals surface area (Å²) in [5, 5.41) is 6.68. The van der Waals surface area contributed by atoms with E-state index in [0.717, 1.165) is 36.6 Å². The van der Waals surface area contributed by atoms with Gasteiger partial charge in [0.2, 0.25) is 0 Å². The Kier molecular flexibility index (Phi) is 7.74. The van der Waals surface area contributed by atoms with E-state index >= 15 is 0 Å². The first-order valence-electron chi connectivity index (χ1n) is 14.0. The van der Waals surface area contributed by atoms with Crippen LogP contribution >= 0.6 is 0 Å². The highest BCUT2D eigenvalue weighted by Crippen LogP contribution is 2.36. The van der Waals surface area contributed by atoms with Crippen LogP contribution in [0, 0.1) is 0 Å². The molecule has 11 heteroatoms. The van der Waals surface area contributed by atoms with Gasteiger partial charge in [0.05, 0.1) is 17.0 Å². The van der Waals surface area contributed by atoms with E-state index in [9.17, 15) is 22.8 Å². The first-order valence-corrected chi connectivity index (χ1v) is 15.8. The van der Waals surface area contributed by atoms with Crippen LogP contribution in [0.2, 0.25) is 0 Å². The molecule has 3 aliphatic rings. The molecule has 10 nitrogen and oxygen atoms in total. The van der Waals surface area contributed by atoms with Crippen molar-refractivity contribution in [1.29, 1.82) is 0 Å². The van der Waals surface area contributed by atoms with Crippen molar-refractivity contribution >= 4 is 32.7 Å². The van der Waals surface area contributed by atoms with Gasteiger partial charge in [-0.3, -0.25) is 14.5 Å². The van der Waals surface area contributed by atoms with Crippen LogP contribution in [0.15, 0.2) is 35.1 Å². The normalized spacial score (nSPS) is 26.2. The summed E-state index contributed by atoms with van der Waals surface area (Å²) in [5.74, 6) is -0.179. The molecule has 1 unspecified atom stereocenters. The van der Waals surface area contributed by atoms with Crippen molar-refractivity contribution in [3.63, 3.8) is 0 Å². The molecule has 5 rings (SSSR count). The standard InChI is InChI=1S/C28H39N5O5S/c1-18(2)33-25-7-5-4-6-19(25)14-24(27(33)35)26(34)30-20-15-21-8-9-22(16-20)31(21)11-12-32(28(36)29-3)23-10-13-39(37,38)17-23/h4-7,14,18,20-23H,8-13,15-17H2,1-3H3,(H,29,36)(H,30,34)/t20-,21-,22+,23?. The van der Waals surface area contributed by atoms with Gasteiger partial charge in [-0.25, -0.2) is 13.2 Å². The maximum atomic E-state index is 13.4. The Balaban J connectivity index is 1.25. The number of carbonyl (C=O) groups excluding carboxylic acids is 2. The summed E-state index contributed by atoms with van der Waals surface area (Å²) in [7, 11) is -1.53. The minimum Gasteiger partial charge on any atom is -0.349 e. The number of urea groups is 1. The molecule has 2 bridgehead atoms. The number of nitrogens with zero attached hydrogens (tertiary/aromatic N) is 3. The van der Waals surface area contributed by atoms with Crippen LogP contribution in [0.25, 0.3) is 10.9 Å². The lowest BCUT2D eigenvalue weighted by Gasteiger charge is -2.40. The fourth-order valence-corrected chi connectivity index (χ4v) is 8.55. The van der Waals surface area contributed by atoms with E-state index in [-0.39, 0.29) is 64.8 Å². The summed E-state index contributed by atoms with van der Waals surface area (Å²) < 4.78 is 25.7. The van der Waals surface area contributed by atoms with Crippen molar-refractivity contribution in [1.82, 2.24) is 25.0 Å². The van der Waals surface area contributed by atoms with Gasteiger partial charge < -0.3 is 20.1 Å². The predicted molar refractivity (Wildman–Crippen MR) is 151 cm³/mol.